The van der Waals surface area contributed by atoms with Crippen LogP contribution in [0.25, 0.3) is 16.6 Å². The minimum absolute atomic E-state index is 0.363. The highest BCUT2D eigenvalue weighted by Gasteiger charge is 2.17. The van der Waals surface area contributed by atoms with Gasteiger partial charge in [-0.2, -0.15) is 0 Å². The van der Waals surface area contributed by atoms with Crippen LogP contribution < -0.4 is 5.32 Å². The van der Waals surface area contributed by atoms with Gasteiger partial charge in [0.25, 0.3) is 0 Å². The molecule has 0 bridgehead atoms. The van der Waals surface area contributed by atoms with Gasteiger partial charge < -0.3 is 5.32 Å². The number of amides is 1. The lowest BCUT2D eigenvalue weighted by Crippen LogP contribution is -2.05. The lowest BCUT2D eigenvalue weighted by atomic mass is 10.2. The number of aromatic nitrogens is 1. The van der Waals surface area contributed by atoms with E-state index in [-0.39, 0.29) is 5.82 Å². The second-order valence-corrected chi connectivity index (χ2v) is 5.12. The number of carbonyl (C=O) groups excluding carboxylic acids is 1. The number of rotatable bonds is 3. The van der Waals surface area contributed by atoms with Crippen LogP contribution in [0.5, 0.6) is 0 Å². The maximum atomic E-state index is 14.1. The molecule has 3 rings (SSSR count). The van der Waals surface area contributed by atoms with Crippen LogP contribution in [0.2, 0.25) is 5.02 Å². The molecular weight excluding hydrogens is 291 g/mol. The molecule has 0 saturated carbocycles. The van der Waals surface area contributed by atoms with Crippen LogP contribution in [0.1, 0.15) is 5.56 Å². The summed E-state index contributed by atoms with van der Waals surface area (Å²) in [5.74, 6) is 0.172. The van der Waals surface area contributed by atoms with E-state index in [1.807, 2.05) is 13.0 Å². The van der Waals surface area contributed by atoms with E-state index in [0.29, 0.717) is 22.9 Å². The van der Waals surface area contributed by atoms with Gasteiger partial charge in [-0.25, -0.2) is 4.39 Å². The maximum Gasteiger partial charge on any atom is 0.212 e. The van der Waals surface area contributed by atoms with Gasteiger partial charge in [0, 0.05) is 10.4 Å². The minimum atomic E-state index is -0.363. The smallest absolute Gasteiger partial charge is 0.212 e. The molecule has 5 heteroatoms. The molecule has 1 N–H and O–H groups in total. The van der Waals surface area contributed by atoms with Crippen molar-refractivity contribution >= 4 is 34.7 Å². The number of hydrogen-bond donors (Lipinski definition) is 1. The number of anilines is 1. The number of hydrogen-bond acceptors (Lipinski definition) is 1. The molecule has 0 aliphatic rings. The lowest BCUT2D eigenvalue weighted by Gasteiger charge is -2.11. The fourth-order valence-corrected chi connectivity index (χ4v) is 2.70. The van der Waals surface area contributed by atoms with Crippen molar-refractivity contribution in [1.29, 1.82) is 0 Å². The van der Waals surface area contributed by atoms with Crippen molar-refractivity contribution in [2.75, 3.05) is 5.32 Å². The molecule has 0 radical (unpaired) electrons. The van der Waals surface area contributed by atoms with E-state index < -0.39 is 0 Å². The Labute approximate surface area is 125 Å². The Morgan fingerprint density at radius 1 is 1.24 bits per heavy atom. The second-order valence-electron chi connectivity index (χ2n) is 4.68. The molecule has 3 nitrogen and oxygen atoms in total. The monoisotopic (exact) mass is 302 g/mol. The number of aryl methyl sites for hydroxylation is 1. The first-order valence-electron chi connectivity index (χ1n) is 6.39. The topological polar surface area (TPSA) is 34.0 Å². The van der Waals surface area contributed by atoms with Crippen molar-refractivity contribution in [3.63, 3.8) is 0 Å². The van der Waals surface area contributed by atoms with Crippen molar-refractivity contribution in [2.45, 2.75) is 6.92 Å². The molecule has 0 spiro atoms. The summed E-state index contributed by atoms with van der Waals surface area (Å²) in [4.78, 5) is 10.9. The van der Waals surface area contributed by atoms with Crippen molar-refractivity contribution in [3.8, 4) is 5.69 Å². The Bertz CT molecular complexity index is 842. The maximum absolute atomic E-state index is 14.1. The summed E-state index contributed by atoms with van der Waals surface area (Å²) < 4.78 is 15.8. The average molecular weight is 303 g/mol. The van der Waals surface area contributed by atoms with E-state index in [1.165, 1.54) is 6.07 Å². The van der Waals surface area contributed by atoms with Crippen molar-refractivity contribution < 1.29 is 9.18 Å². The van der Waals surface area contributed by atoms with Crippen LogP contribution in [-0.4, -0.2) is 11.0 Å². The molecule has 0 unspecified atom stereocenters. The van der Waals surface area contributed by atoms with Crippen LogP contribution in [0.15, 0.2) is 42.5 Å². The number of fused-ring (bicyclic) bond motifs is 1. The summed E-state index contributed by atoms with van der Waals surface area (Å²) in [5, 5.41) is 4.11. The van der Waals surface area contributed by atoms with E-state index in [4.69, 9.17) is 11.6 Å². The van der Waals surface area contributed by atoms with Gasteiger partial charge in [0.2, 0.25) is 6.41 Å². The first kappa shape index (κ1) is 13.6. The zero-order valence-electron chi connectivity index (χ0n) is 11.2. The Morgan fingerprint density at radius 3 is 2.71 bits per heavy atom. The quantitative estimate of drug-likeness (QED) is 0.719. The largest absolute Gasteiger partial charge is 0.314 e. The molecular formula is C16H12ClFN2O. The molecule has 0 fully saturated rings. The number of carbonyl (C=O) groups is 1. The van der Waals surface area contributed by atoms with E-state index in [0.717, 1.165) is 16.5 Å². The number of para-hydroxylation sites is 1. The van der Waals surface area contributed by atoms with Crippen LogP contribution in [0, 0.1) is 12.7 Å². The normalized spacial score (nSPS) is 10.8. The number of nitrogens with zero attached hydrogens (tertiary/aromatic N) is 1. The third-order valence-electron chi connectivity index (χ3n) is 3.47. The molecule has 1 heterocycles. The van der Waals surface area contributed by atoms with Gasteiger partial charge >= 0.3 is 0 Å². The first-order chi connectivity index (χ1) is 10.1. The summed E-state index contributed by atoms with van der Waals surface area (Å²) in [5.41, 5.74) is 2.00. The Hall–Kier alpha value is -2.33. The summed E-state index contributed by atoms with van der Waals surface area (Å²) in [6.45, 7) is 1.86. The summed E-state index contributed by atoms with van der Waals surface area (Å²) in [6.07, 6.45) is 0.583. The molecule has 0 atom stereocenters. The molecule has 0 saturated heterocycles. The predicted molar refractivity (Wildman–Crippen MR) is 82.7 cm³/mol. The van der Waals surface area contributed by atoms with Gasteiger partial charge in [-0.3, -0.25) is 9.36 Å². The molecule has 106 valence electrons. The van der Waals surface area contributed by atoms with Crippen molar-refractivity contribution in [1.82, 2.24) is 4.57 Å². The Morgan fingerprint density at radius 2 is 2.00 bits per heavy atom. The number of nitrogens with one attached hydrogen (secondary N) is 1. The standard InChI is InChI=1S/C16H12ClFN2O/c1-10-12-8-11(17)6-7-14(12)20(16(10)19-9-21)15-5-3-2-4-13(15)18/h2-9H,1H3,(H,19,21). The van der Waals surface area contributed by atoms with Gasteiger partial charge in [-0.15, -0.1) is 0 Å². The second kappa shape index (κ2) is 5.22. The predicted octanol–water partition coefficient (Wildman–Crippen LogP) is 4.30. The molecule has 21 heavy (non-hydrogen) atoms. The fraction of sp³-hybridized carbons (Fsp3) is 0.0625. The Kier molecular flexibility index (Phi) is 3.39. The van der Waals surface area contributed by atoms with Gasteiger partial charge in [-0.1, -0.05) is 23.7 Å². The Balaban J connectivity index is 2.42. The van der Waals surface area contributed by atoms with Crippen molar-refractivity contribution in [2.24, 2.45) is 0 Å². The highest BCUT2D eigenvalue weighted by atomic mass is 35.5. The third-order valence-corrected chi connectivity index (χ3v) is 3.71. The van der Waals surface area contributed by atoms with Crippen LogP contribution in [0.4, 0.5) is 10.2 Å². The summed E-state index contributed by atoms with van der Waals surface area (Å²) in [7, 11) is 0. The fourth-order valence-electron chi connectivity index (χ4n) is 2.53. The highest BCUT2D eigenvalue weighted by molar-refractivity contribution is 6.31. The van der Waals surface area contributed by atoms with E-state index in [1.54, 1.807) is 34.9 Å². The zero-order chi connectivity index (χ0) is 15.0. The van der Waals surface area contributed by atoms with E-state index in [2.05, 4.69) is 5.32 Å². The third kappa shape index (κ3) is 2.17. The zero-order valence-corrected chi connectivity index (χ0v) is 12.0. The molecule has 0 aliphatic heterocycles. The summed E-state index contributed by atoms with van der Waals surface area (Å²) in [6, 6.07) is 11.8. The van der Waals surface area contributed by atoms with Crippen LogP contribution >= 0.6 is 11.6 Å². The SMILES string of the molecule is Cc1c(NC=O)n(-c2ccccc2F)c2ccc(Cl)cc12. The van der Waals surface area contributed by atoms with E-state index in [9.17, 15) is 9.18 Å². The highest BCUT2D eigenvalue weighted by Crippen LogP contribution is 2.34. The summed E-state index contributed by atoms with van der Waals surface area (Å²) >= 11 is 6.03. The molecule has 3 aromatic rings. The first-order valence-corrected chi connectivity index (χ1v) is 6.77. The van der Waals surface area contributed by atoms with Crippen LogP contribution in [-0.2, 0) is 4.79 Å². The molecule has 2 aromatic carbocycles. The van der Waals surface area contributed by atoms with Gasteiger partial charge in [0.05, 0.1) is 11.2 Å². The van der Waals surface area contributed by atoms with Gasteiger partial charge in [-0.05, 0) is 42.8 Å². The minimum Gasteiger partial charge on any atom is -0.314 e. The number of benzene rings is 2. The molecule has 0 aliphatic carbocycles. The van der Waals surface area contributed by atoms with E-state index >= 15 is 0 Å². The van der Waals surface area contributed by atoms with Gasteiger partial charge in [0.1, 0.15) is 11.6 Å². The molecule has 1 amide bonds. The van der Waals surface area contributed by atoms with Crippen molar-refractivity contribution in [3.05, 3.63) is 58.9 Å². The molecule has 1 aromatic heterocycles. The van der Waals surface area contributed by atoms with Gasteiger partial charge in [0.15, 0.2) is 0 Å². The van der Waals surface area contributed by atoms with Crippen LogP contribution in [0.3, 0.4) is 0 Å². The lowest BCUT2D eigenvalue weighted by molar-refractivity contribution is -0.105. The average Bonchev–Trinajstić information content (AvgIpc) is 2.73. The number of halogens is 2.